The highest BCUT2D eigenvalue weighted by Gasteiger charge is 2.38. The number of aliphatic hydroxyl groups excluding tert-OH is 2. The van der Waals surface area contributed by atoms with Crippen LogP contribution in [0.1, 0.15) is 74.0 Å². The smallest absolute Gasteiger partial charge is 0.275 e. The molecule has 10 nitrogen and oxygen atoms in total. The minimum atomic E-state index is -0.188. The van der Waals surface area contributed by atoms with Crippen LogP contribution in [0.2, 0.25) is 10.0 Å². The molecule has 0 radical (unpaired) electrons. The van der Waals surface area contributed by atoms with Crippen molar-refractivity contribution in [2.24, 2.45) is 14.1 Å². The van der Waals surface area contributed by atoms with E-state index in [-0.39, 0.29) is 17.7 Å². The highest BCUT2D eigenvalue weighted by molar-refractivity contribution is 6.35. The van der Waals surface area contributed by atoms with Gasteiger partial charge in [0, 0.05) is 72.0 Å². The van der Waals surface area contributed by atoms with E-state index >= 15 is 4.79 Å². The Kier molecular flexibility index (Phi) is 10.8. The Labute approximate surface area is 324 Å². The molecular weight excluding hydrogens is 725 g/mol. The summed E-state index contributed by atoms with van der Waals surface area (Å²) in [7, 11) is 4.72. The van der Waals surface area contributed by atoms with Crippen molar-refractivity contribution in [3.05, 3.63) is 104 Å². The number of fused-ring (bicyclic) bond motifs is 4. The fourth-order valence-electron chi connectivity index (χ4n) is 7.92. The quantitative estimate of drug-likeness (QED) is 0.0861. The first kappa shape index (κ1) is 38.7. The van der Waals surface area contributed by atoms with E-state index in [9.17, 15) is 9.90 Å². The molecule has 0 saturated carbocycles. The second-order valence-corrected chi connectivity index (χ2v) is 14.7. The van der Waals surface area contributed by atoms with E-state index in [2.05, 4.69) is 18.1 Å². The molecule has 1 aliphatic heterocycles. The molecule has 0 unspecified atom stereocenters. The summed E-state index contributed by atoms with van der Waals surface area (Å²) in [5.41, 5.74) is 10.1. The van der Waals surface area contributed by atoms with E-state index in [1.807, 2.05) is 63.7 Å². The van der Waals surface area contributed by atoms with Crippen LogP contribution >= 0.6 is 23.2 Å². The molecule has 7 rings (SSSR count). The lowest BCUT2D eigenvalue weighted by Gasteiger charge is -2.35. The maximum Gasteiger partial charge on any atom is 0.275 e. The molecule has 3 aromatic heterocycles. The Morgan fingerprint density at radius 1 is 1.02 bits per heavy atom. The van der Waals surface area contributed by atoms with E-state index in [0.29, 0.717) is 59.2 Å². The number of benzene rings is 3. The monoisotopic (exact) mass is 769 g/mol. The first-order valence-corrected chi connectivity index (χ1v) is 18.5. The SMILES string of the molecule is C=C(O)c1cc(N2C[C@@H](C)n3c(c(CCCOc4cc(C)c(Cl)c(C)c4)c4ccc(Cl)c(-c5c(C)nn(C)c5C)c43)C2=O)c2c(c1)cc(C=O)n2C.CO. The van der Waals surface area contributed by atoms with Crippen molar-refractivity contribution in [3.8, 4) is 16.9 Å². The number of hydrogen-bond donors (Lipinski definition) is 2. The van der Waals surface area contributed by atoms with Gasteiger partial charge in [0.15, 0.2) is 6.29 Å². The molecule has 282 valence electrons. The van der Waals surface area contributed by atoms with Gasteiger partial charge in [0.1, 0.15) is 17.2 Å². The number of hydrogen-bond acceptors (Lipinski definition) is 6. The van der Waals surface area contributed by atoms with Crippen LogP contribution in [-0.2, 0) is 20.5 Å². The summed E-state index contributed by atoms with van der Waals surface area (Å²) in [5.74, 6) is 0.438. The molecule has 4 heterocycles. The molecule has 1 aliphatic rings. The van der Waals surface area contributed by atoms with Gasteiger partial charge in [0.2, 0.25) is 0 Å². The molecule has 6 aromatic rings. The van der Waals surface area contributed by atoms with Crippen molar-refractivity contribution < 1.29 is 24.5 Å². The molecule has 12 heteroatoms. The van der Waals surface area contributed by atoms with E-state index < -0.39 is 0 Å². The number of carbonyl (C=O) groups excluding carboxylic acids is 2. The van der Waals surface area contributed by atoms with Gasteiger partial charge < -0.3 is 29.0 Å². The zero-order valence-corrected chi connectivity index (χ0v) is 33.4. The van der Waals surface area contributed by atoms with Crippen LogP contribution in [0.5, 0.6) is 5.75 Å². The van der Waals surface area contributed by atoms with Crippen molar-refractivity contribution >= 4 is 68.6 Å². The van der Waals surface area contributed by atoms with Crippen LogP contribution in [0.15, 0.2) is 49.0 Å². The van der Waals surface area contributed by atoms with Gasteiger partial charge in [-0.15, -0.1) is 0 Å². The lowest BCUT2D eigenvalue weighted by atomic mass is 9.98. The first-order chi connectivity index (χ1) is 25.7. The predicted octanol–water partition coefficient (Wildman–Crippen LogP) is 9.26. The summed E-state index contributed by atoms with van der Waals surface area (Å²) in [4.78, 5) is 28.9. The van der Waals surface area contributed by atoms with Crippen LogP contribution in [0.25, 0.3) is 38.7 Å². The van der Waals surface area contributed by atoms with Gasteiger partial charge in [0.05, 0.1) is 39.7 Å². The van der Waals surface area contributed by atoms with Gasteiger partial charge in [-0.3, -0.25) is 14.3 Å². The number of carbonyl (C=O) groups is 2. The van der Waals surface area contributed by atoms with Crippen molar-refractivity contribution in [3.63, 3.8) is 0 Å². The van der Waals surface area contributed by atoms with Gasteiger partial charge in [-0.2, -0.15) is 5.10 Å². The maximum atomic E-state index is 15.1. The summed E-state index contributed by atoms with van der Waals surface area (Å²) in [5, 5.41) is 25.2. The lowest BCUT2D eigenvalue weighted by molar-refractivity contribution is 0.0957. The molecule has 1 atom stereocenters. The van der Waals surface area contributed by atoms with Crippen molar-refractivity contribution in [1.29, 1.82) is 0 Å². The molecule has 54 heavy (non-hydrogen) atoms. The molecule has 0 aliphatic carbocycles. The van der Waals surface area contributed by atoms with Crippen molar-refractivity contribution in [1.82, 2.24) is 18.9 Å². The zero-order chi connectivity index (χ0) is 39.3. The van der Waals surface area contributed by atoms with Gasteiger partial charge >= 0.3 is 0 Å². The first-order valence-electron chi connectivity index (χ1n) is 17.7. The van der Waals surface area contributed by atoms with Crippen molar-refractivity contribution in [2.75, 3.05) is 25.2 Å². The normalized spacial score (nSPS) is 14.0. The van der Waals surface area contributed by atoms with Gasteiger partial charge in [0.25, 0.3) is 5.91 Å². The average molecular weight is 771 g/mol. The zero-order valence-electron chi connectivity index (χ0n) is 31.8. The van der Waals surface area contributed by atoms with E-state index in [1.54, 1.807) is 34.7 Å². The third-order valence-corrected chi connectivity index (χ3v) is 11.4. The lowest BCUT2D eigenvalue weighted by Crippen LogP contribution is -2.43. The minimum absolute atomic E-state index is 0.125. The largest absolute Gasteiger partial charge is 0.508 e. The second kappa shape index (κ2) is 15.0. The number of ether oxygens (including phenoxy) is 1. The Balaban J connectivity index is 0.00000245. The molecular formula is C42H45Cl2N5O5. The molecule has 0 fully saturated rings. The molecule has 0 spiro atoms. The second-order valence-electron chi connectivity index (χ2n) is 13.9. The maximum absolute atomic E-state index is 15.1. The number of nitrogens with zero attached hydrogens (tertiary/aromatic N) is 5. The molecule has 1 amide bonds. The van der Waals surface area contributed by atoms with E-state index in [0.717, 1.165) is 79.7 Å². The summed E-state index contributed by atoms with van der Waals surface area (Å²) in [6, 6.07) is 12.9. The van der Waals surface area contributed by atoms with Gasteiger partial charge in [-0.05, 0) is 101 Å². The Hall–Kier alpha value is -5.03. The Morgan fingerprint density at radius 3 is 2.31 bits per heavy atom. The number of aliphatic hydroxyl groups is 2. The Bertz CT molecular complexity index is 2470. The van der Waals surface area contributed by atoms with Crippen LogP contribution in [-0.4, -0.2) is 61.6 Å². The molecule has 3 aromatic carbocycles. The molecule has 0 bridgehead atoms. The molecule has 2 N–H and O–H groups in total. The number of amides is 1. The summed E-state index contributed by atoms with van der Waals surface area (Å²) < 4.78 is 12.0. The summed E-state index contributed by atoms with van der Waals surface area (Å²) in [6.07, 6.45) is 1.99. The highest BCUT2D eigenvalue weighted by atomic mass is 35.5. The van der Waals surface area contributed by atoms with Crippen LogP contribution < -0.4 is 9.64 Å². The predicted molar refractivity (Wildman–Crippen MR) is 218 cm³/mol. The standard InChI is InChI=1S/C41H41Cl2N5O4.CH4O/c1-21-14-30(15-22(2)37(21)43)52-13-9-10-31-32-11-12-33(42)36(35-24(4)44-46(8)25(35)5)39(32)48-23(3)19-47(41(51)40(31)48)34-18-27(26(6)50)16-28-17-29(20-49)45(7)38(28)34;1-2/h11-12,14-18,20,23,50H,6,9-10,13,19H2,1-5,7-8H3;2H,1H3/t23-;/m1./s1. The van der Waals surface area contributed by atoms with Crippen molar-refractivity contribution in [2.45, 2.75) is 53.5 Å². The minimum Gasteiger partial charge on any atom is -0.508 e. The van der Waals surface area contributed by atoms with Crippen LogP contribution in [0.3, 0.4) is 0 Å². The molecule has 0 saturated heterocycles. The topological polar surface area (TPSA) is 115 Å². The number of aryl methyl sites for hydroxylation is 6. The number of anilines is 1. The van der Waals surface area contributed by atoms with Gasteiger partial charge in [-0.1, -0.05) is 35.8 Å². The van der Waals surface area contributed by atoms with Gasteiger partial charge in [-0.25, -0.2) is 0 Å². The number of aldehydes is 1. The van der Waals surface area contributed by atoms with E-state index in [4.69, 9.17) is 38.1 Å². The third kappa shape index (κ3) is 6.36. The van der Waals surface area contributed by atoms with Crippen LogP contribution in [0, 0.1) is 27.7 Å². The average Bonchev–Trinajstić information content (AvgIpc) is 3.74. The number of aromatic nitrogens is 4. The summed E-state index contributed by atoms with van der Waals surface area (Å²) >= 11 is 13.5. The fraction of sp³-hybridized carbons (Fsp3) is 0.310. The highest BCUT2D eigenvalue weighted by Crippen LogP contribution is 2.46. The number of halogens is 2. The van der Waals surface area contributed by atoms with E-state index in [1.165, 1.54) is 0 Å². The number of rotatable bonds is 9. The Morgan fingerprint density at radius 2 is 1.70 bits per heavy atom. The third-order valence-electron chi connectivity index (χ3n) is 10.5. The van der Waals surface area contributed by atoms with Crippen LogP contribution in [0.4, 0.5) is 5.69 Å². The fourth-order valence-corrected chi connectivity index (χ4v) is 8.28. The summed E-state index contributed by atoms with van der Waals surface area (Å²) in [6.45, 7) is 14.6.